The van der Waals surface area contributed by atoms with Crippen molar-refractivity contribution in [1.82, 2.24) is 0 Å². The maximum atomic E-state index is 3.50. The second kappa shape index (κ2) is 5.54. The fourth-order valence-corrected chi connectivity index (χ4v) is 2.09. The SMILES string of the molecule is Cc1ccc(C(C)Nc2ccc(I)cc2)cc1. The van der Waals surface area contributed by atoms with Crippen LogP contribution in [0.15, 0.2) is 48.5 Å². The maximum Gasteiger partial charge on any atom is 0.0485 e. The van der Waals surface area contributed by atoms with E-state index in [0.717, 1.165) is 0 Å². The third kappa shape index (κ3) is 3.46. The number of hydrogen-bond acceptors (Lipinski definition) is 1. The van der Waals surface area contributed by atoms with Crippen molar-refractivity contribution < 1.29 is 0 Å². The third-order valence-corrected chi connectivity index (χ3v) is 3.52. The van der Waals surface area contributed by atoms with Gasteiger partial charge in [0.1, 0.15) is 0 Å². The molecule has 0 saturated carbocycles. The van der Waals surface area contributed by atoms with Gasteiger partial charge in [0.2, 0.25) is 0 Å². The Balaban J connectivity index is 2.08. The second-order valence-electron chi connectivity index (χ2n) is 4.28. The molecule has 2 heteroatoms. The average molecular weight is 337 g/mol. The van der Waals surface area contributed by atoms with Crippen LogP contribution in [0.3, 0.4) is 0 Å². The van der Waals surface area contributed by atoms with Gasteiger partial charge in [0.05, 0.1) is 0 Å². The van der Waals surface area contributed by atoms with Crippen molar-refractivity contribution in [3.63, 3.8) is 0 Å². The Kier molecular flexibility index (Phi) is 4.05. The second-order valence-corrected chi connectivity index (χ2v) is 5.53. The van der Waals surface area contributed by atoms with Crippen LogP contribution < -0.4 is 5.32 Å². The molecule has 0 spiro atoms. The highest BCUT2D eigenvalue weighted by Gasteiger charge is 2.04. The molecule has 88 valence electrons. The number of halogens is 1. The standard InChI is InChI=1S/C15H16IN/c1-11-3-5-13(6-4-11)12(2)17-15-9-7-14(16)8-10-15/h3-10,12,17H,1-2H3. The van der Waals surface area contributed by atoms with E-state index in [1.807, 2.05) is 0 Å². The number of anilines is 1. The van der Waals surface area contributed by atoms with E-state index in [4.69, 9.17) is 0 Å². The zero-order valence-corrected chi connectivity index (χ0v) is 12.2. The summed E-state index contributed by atoms with van der Waals surface area (Å²) in [6.07, 6.45) is 0. The van der Waals surface area contributed by atoms with Crippen LogP contribution in [0, 0.1) is 10.5 Å². The van der Waals surface area contributed by atoms with Crippen molar-refractivity contribution in [2.75, 3.05) is 5.32 Å². The predicted octanol–water partition coefficient (Wildman–Crippen LogP) is 4.77. The molecule has 1 N–H and O–H groups in total. The monoisotopic (exact) mass is 337 g/mol. The summed E-state index contributed by atoms with van der Waals surface area (Å²) in [7, 11) is 0. The van der Waals surface area contributed by atoms with Crippen LogP contribution in [0.2, 0.25) is 0 Å². The molecule has 0 radical (unpaired) electrons. The van der Waals surface area contributed by atoms with Crippen LogP contribution >= 0.6 is 22.6 Å². The van der Waals surface area contributed by atoms with Gasteiger partial charge in [0.25, 0.3) is 0 Å². The summed E-state index contributed by atoms with van der Waals surface area (Å²) in [6.45, 7) is 4.30. The molecule has 0 aliphatic rings. The van der Waals surface area contributed by atoms with Crippen molar-refractivity contribution in [3.05, 3.63) is 63.2 Å². The predicted molar refractivity (Wildman–Crippen MR) is 82.4 cm³/mol. The summed E-state index contributed by atoms with van der Waals surface area (Å²) in [5.74, 6) is 0. The smallest absolute Gasteiger partial charge is 0.0485 e. The minimum absolute atomic E-state index is 0.329. The minimum atomic E-state index is 0.329. The normalized spacial score (nSPS) is 12.2. The van der Waals surface area contributed by atoms with E-state index in [1.54, 1.807) is 0 Å². The van der Waals surface area contributed by atoms with E-state index < -0.39 is 0 Å². The molecule has 17 heavy (non-hydrogen) atoms. The molecule has 1 nitrogen and oxygen atoms in total. The molecule has 0 amide bonds. The van der Waals surface area contributed by atoms with Crippen LogP contribution in [0.5, 0.6) is 0 Å². The van der Waals surface area contributed by atoms with E-state index in [0.29, 0.717) is 6.04 Å². The first-order valence-electron chi connectivity index (χ1n) is 5.74. The molecule has 2 rings (SSSR count). The first kappa shape index (κ1) is 12.4. The summed E-state index contributed by atoms with van der Waals surface area (Å²) in [5.41, 5.74) is 3.78. The summed E-state index contributed by atoms with van der Waals surface area (Å²) < 4.78 is 1.26. The highest BCUT2D eigenvalue weighted by atomic mass is 127. The highest BCUT2D eigenvalue weighted by molar-refractivity contribution is 14.1. The van der Waals surface area contributed by atoms with Gasteiger partial charge in [-0.05, 0) is 66.3 Å². The molecular formula is C15H16IN. The van der Waals surface area contributed by atoms with Gasteiger partial charge in [-0.25, -0.2) is 0 Å². The quantitative estimate of drug-likeness (QED) is 0.796. The molecule has 0 heterocycles. The molecule has 1 unspecified atom stereocenters. The van der Waals surface area contributed by atoms with Gasteiger partial charge in [0, 0.05) is 15.3 Å². The van der Waals surface area contributed by atoms with Gasteiger partial charge >= 0.3 is 0 Å². The lowest BCUT2D eigenvalue weighted by Crippen LogP contribution is -2.06. The fourth-order valence-electron chi connectivity index (χ4n) is 1.73. The lowest BCUT2D eigenvalue weighted by atomic mass is 10.1. The zero-order chi connectivity index (χ0) is 12.3. The van der Waals surface area contributed by atoms with Gasteiger partial charge in [-0.3, -0.25) is 0 Å². The Hall–Kier alpha value is -1.03. The minimum Gasteiger partial charge on any atom is -0.379 e. The first-order valence-corrected chi connectivity index (χ1v) is 6.82. The van der Waals surface area contributed by atoms with Crippen LogP contribution in [-0.2, 0) is 0 Å². The molecule has 1 atom stereocenters. The molecule has 0 aliphatic heterocycles. The summed E-state index contributed by atoms with van der Waals surface area (Å²) in [5, 5.41) is 3.50. The van der Waals surface area contributed by atoms with E-state index in [-0.39, 0.29) is 0 Å². The van der Waals surface area contributed by atoms with Crippen molar-refractivity contribution in [1.29, 1.82) is 0 Å². The number of benzene rings is 2. The van der Waals surface area contributed by atoms with Crippen LogP contribution in [-0.4, -0.2) is 0 Å². The third-order valence-electron chi connectivity index (χ3n) is 2.80. The Morgan fingerprint density at radius 3 is 2.12 bits per heavy atom. The van der Waals surface area contributed by atoms with E-state index in [2.05, 4.69) is 90.3 Å². The first-order chi connectivity index (χ1) is 8.15. The highest BCUT2D eigenvalue weighted by Crippen LogP contribution is 2.20. The van der Waals surface area contributed by atoms with Gasteiger partial charge < -0.3 is 5.32 Å². The van der Waals surface area contributed by atoms with Gasteiger partial charge in [-0.2, -0.15) is 0 Å². The van der Waals surface area contributed by atoms with E-state index in [1.165, 1.54) is 20.4 Å². The number of nitrogens with one attached hydrogen (secondary N) is 1. The lowest BCUT2D eigenvalue weighted by molar-refractivity contribution is 0.884. The molecule has 0 aliphatic carbocycles. The van der Waals surface area contributed by atoms with Crippen LogP contribution in [0.1, 0.15) is 24.1 Å². The fraction of sp³-hybridized carbons (Fsp3) is 0.200. The summed E-state index contributed by atoms with van der Waals surface area (Å²) in [6, 6.07) is 17.5. The molecule has 2 aromatic carbocycles. The summed E-state index contributed by atoms with van der Waals surface area (Å²) >= 11 is 2.32. The molecule has 0 fully saturated rings. The molecule has 0 aromatic heterocycles. The number of rotatable bonds is 3. The zero-order valence-electron chi connectivity index (χ0n) is 10.1. The topological polar surface area (TPSA) is 12.0 Å². The lowest BCUT2D eigenvalue weighted by Gasteiger charge is -2.16. The van der Waals surface area contributed by atoms with Crippen LogP contribution in [0.25, 0.3) is 0 Å². The molecular weight excluding hydrogens is 321 g/mol. The van der Waals surface area contributed by atoms with Crippen molar-refractivity contribution in [2.24, 2.45) is 0 Å². The Labute approximate surface area is 116 Å². The largest absolute Gasteiger partial charge is 0.379 e. The van der Waals surface area contributed by atoms with E-state index >= 15 is 0 Å². The number of aryl methyl sites for hydroxylation is 1. The molecule has 2 aromatic rings. The van der Waals surface area contributed by atoms with Crippen LogP contribution in [0.4, 0.5) is 5.69 Å². The Morgan fingerprint density at radius 1 is 0.941 bits per heavy atom. The van der Waals surface area contributed by atoms with Gasteiger partial charge in [0.15, 0.2) is 0 Å². The molecule has 0 bridgehead atoms. The van der Waals surface area contributed by atoms with E-state index in [9.17, 15) is 0 Å². The number of hydrogen-bond donors (Lipinski definition) is 1. The average Bonchev–Trinajstić information content (AvgIpc) is 2.33. The van der Waals surface area contributed by atoms with Gasteiger partial charge in [-0.1, -0.05) is 29.8 Å². The Bertz CT molecular complexity index is 473. The van der Waals surface area contributed by atoms with Crippen molar-refractivity contribution >= 4 is 28.3 Å². The Morgan fingerprint density at radius 2 is 1.53 bits per heavy atom. The van der Waals surface area contributed by atoms with Crippen molar-refractivity contribution in [2.45, 2.75) is 19.9 Å². The summed E-state index contributed by atoms with van der Waals surface area (Å²) in [4.78, 5) is 0. The van der Waals surface area contributed by atoms with Crippen molar-refractivity contribution in [3.8, 4) is 0 Å². The maximum absolute atomic E-state index is 3.50. The van der Waals surface area contributed by atoms with Gasteiger partial charge in [-0.15, -0.1) is 0 Å². The molecule has 0 saturated heterocycles.